The number of hydrogen-bond acceptors (Lipinski definition) is 5. The van der Waals surface area contributed by atoms with Crippen molar-refractivity contribution in [3.05, 3.63) is 23.8 Å². The van der Waals surface area contributed by atoms with Gasteiger partial charge in [-0.25, -0.2) is 8.42 Å². The van der Waals surface area contributed by atoms with Crippen LogP contribution in [0.1, 0.15) is 25.8 Å². The molecule has 0 spiro atoms. The number of nitrogens with one attached hydrogen (secondary N) is 2. The third-order valence-electron chi connectivity index (χ3n) is 3.06. The van der Waals surface area contributed by atoms with Crippen LogP contribution in [-0.4, -0.2) is 38.6 Å². The molecule has 3 N–H and O–H groups in total. The maximum absolute atomic E-state index is 12.2. The van der Waals surface area contributed by atoms with Gasteiger partial charge in [0, 0.05) is 18.5 Å². The van der Waals surface area contributed by atoms with Gasteiger partial charge in [0.2, 0.25) is 15.9 Å². The predicted molar refractivity (Wildman–Crippen MR) is 82.6 cm³/mol. The molecule has 0 saturated carbocycles. The van der Waals surface area contributed by atoms with E-state index in [0.29, 0.717) is 17.7 Å². The summed E-state index contributed by atoms with van der Waals surface area (Å²) in [5, 5.41) is 11.4. The molecule has 0 aromatic heterocycles. The average Bonchev–Trinajstić information content (AvgIpc) is 2.51. The molecule has 0 saturated heterocycles. The van der Waals surface area contributed by atoms with Crippen molar-refractivity contribution in [1.29, 1.82) is 0 Å². The summed E-state index contributed by atoms with van der Waals surface area (Å²) in [5.41, 5.74) is 0.472. The fourth-order valence-corrected chi connectivity index (χ4v) is 2.98. The lowest BCUT2D eigenvalue weighted by Gasteiger charge is -2.14. The number of methoxy groups -OCH3 is 1. The number of carboxylic acid groups (broad SMARTS) is 1. The summed E-state index contributed by atoms with van der Waals surface area (Å²) in [6.45, 7) is 3.03. The van der Waals surface area contributed by atoms with Crippen molar-refractivity contribution >= 4 is 21.9 Å². The summed E-state index contributed by atoms with van der Waals surface area (Å²) >= 11 is 0. The minimum Gasteiger partial charge on any atom is -0.496 e. The number of ether oxygens (including phenoxy) is 1. The van der Waals surface area contributed by atoms with Gasteiger partial charge in [0.1, 0.15) is 11.8 Å². The molecule has 1 aromatic carbocycles. The van der Waals surface area contributed by atoms with E-state index >= 15 is 0 Å². The van der Waals surface area contributed by atoms with Gasteiger partial charge < -0.3 is 15.2 Å². The van der Waals surface area contributed by atoms with Gasteiger partial charge in [-0.05, 0) is 25.1 Å². The van der Waals surface area contributed by atoms with Crippen LogP contribution in [0.3, 0.4) is 0 Å². The highest BCUT2D eigenvalue weighted by Gasteiger charge is 2.22. The van der Waals surface area contributed by atoms with Gasteiger partial charge in [0.25, 0.3) is 0 Å². The molecule has 1 aromatic rings. The first-order valence-electron chi connectivity index (χ1n) is 6.90. The summed E-state index contributed by atoms with van der Waals surface area (Å²) in [6, 6.07) is 2.84. The van der Waals surface area contributed by atoms with Crippen LogP contribution in [0.2, 0.25) is 0 Å². The van der Waals surface area contributed by atoms with Gasteiger partial charge in [-0.1, -0.05) is 6.92 Å². The average molecular weight is 344 g/mol. The van der Waals surface area contributed by atoms with Gasteiger partial charge in [-0.15, -0.1) is 0 Å². The molecule has 1 atom stereocenters. The molecule has 0 bridgehead atoms. The molecule has 0 radical (unpaired) electrons. The van der Waals surface area contributed by atoms with Crippen molar-refractivity contribution in [3.8, 4) is 5.75 Å². The van der Waals surface area contributed by atoms with E-state index in [1.54, 1.807) is 6.92 Å². The number of sulfonamides is 1. The highest BCUT2D eigenvalue weighted by atomic mass is 32.2. The van der Waals surface area contributed by atoms with E-state index in [4.69, 9.17) is 9.84 Å². The van der Waals surface area contributed by atoms with Crippen molar-refractivity contribution in [2.75, 3.05) is 7.11 Å². The second kappa shape index (κ2) is 7.93. The van der Waals surface area contributed by atoms with Crippen LogP contribution >= 0.6 is 0 Å². The van der Waals surface area contributed by atoms with Crippen molar-refractivity contribution in [1.82, 2.24) is 10.0 Å². The number of carboxylic acids is 1. The molecule has 8 nitrogen and oxygen atoms in total. The van der Waals surface area contributed by atoms with Crippen LogP contribution in [0.15, 0.2) is 23.1 Å². The maximum Gasteiger partial charge on any atom is 0.321 e. The van der Waals surface area contributed by atoms with Crippen LogP contribution in [-0.2, 0) is 26.2 Å². The quantitative estimate of drug-likeness (QED) is 0.630. The van der Waals surface area contributed by atoms with E-state index in [9.17, 15) is 18.0 Å². The summed E-state index contributed by atoms with van der Waals surface area (Å²) in [7, 11) is -2.57. The third-order valence-corrected chi connectivity index (χ3v) is 4.60. The van der Waals surface area contributed by atoms with Crippen LogP contribution < -0.4 is 14.8 Å². The summed E-state index contributed by atoms with van der Waals surface area (Å²) < 4.78 is 31.6. The second-order valence-electron chi connectivity index (χ2n) is 4.79. The lowest BCUT2D eigenvalue weighted by molar-refractivity contribution is -0.138. The molecule has 0 aliphatic carbocycles. The maximum atomic E-state index is 12.2. The van der Waals surface area contributed by atoms with E-state index in [0.717, 1.165) is 0 Å². The Morgan fingerprint density at radius 3 is 2.52 bits per heavy atom. The number of carbonyl (C=O) groups is 2. The Labute approximate surface area is 134 Å². The van der Waals surface area contributed by atoms with Gasteiger partial charge in [-0.3, -0.25) is 9.59 Å². The minimum atomic E-state index is -4.00. The fourth-order valence-electron chi connectivity index (χ4n) is 1.73. The molecule has 0 aliphatic rings. The topological polar surface area (TPSA) is 122 Å². The zero-order valence-electron chi connectivity index (χ0n) is 13.1. The molecular formula is C14H20N2O6S. The molecule has 0 fully saturated rings. The van der Waals surface area contributed by atoms with Crippen LogP contribution in [0.25, 0.3) is 0 Å². The van der Waals surface area contributed by atoms with E-state index in [1.807, 2.05) is 0 Å². The lowest BCUT2D eigenvalue weighted by Crippen LogP contribution is -2.38. The SMILES string of the molecule is CCC(=O)NCc1cc(S(=O)(=O)NC(C)C(=O)O)ccc1OC. The fraction of sp³-hybridized carbons (Fsp3) is 0.429. The molecule has 0 heterocycles. The summed E-state index contributed by atoms with van der Waals surface area (Å²) in [6.07, 6.45) is 0.304. The van der Waals surface area contributed by atoms with Crippen molar-refractivity contribution in [3.63, 3.8) is 0 Å². The Morgan fingerprint density at radius 1 is 1.35 bits per heavy atom. The number of rotatable bonds is 8. The Balaban J connectivity index is 3.08. The molecule has 9 heteroatoms. The normalized spacial score (nSPS) is 12.5. The zero-order chi connectivity index (χ0) is 17.6. The monoisotopic (exact) mass is 344 g/mol. The molecular weight excluding hydrogens is 324 g/mol. The first kappa shape index (κ1) is 18.9. The highest BCUT2D eigenvalue weighted by Crippen LogP contribution is 2.22. The first-order valence-corrected chi connectivity index (χ1v) is 8.38. The lowest BCUT2D eigenvalue weighted by atomic mass is 10.2. The molecule has 1 amide bonds. The van der Waals surface area contributed by atoms with Gasteiger partial charge >= 0.3 is 5.97 Å². The van der Waals surface area contributed by atoms with E-state index < -0.39 is 22.0 Å². The van der Waals surface area contributed by atoms with E-state index in [2.05, 4.69) is 10.0 Å². The third kappa shape index (κ3) is 5.22. The van der Waals surface area contributed by atoms with Crippen LogP contribution in [0.5, 0.6) is 5.75 Å². The highest BCUT2D eigenvalue weighted by molar-refractivity contribution is 7.89. The second-order valence-corrected chi connectivity index (χ2v) is 6.50. The Morgan fingerprint density at radius 2 is 2.00 bits per heavy atom. The Hall–Kier alpha value is -2.13. The van der Waals surface area contributed by atoms with Crippen molar-refractivity contribution in [2.45, 2.75) is 37.8 Å². The number of aliphatic carboxylic acids is 1. The molecule has 1 unspecified atom stereocenters. The van der Waals surface area contributed by atoms with Gasteiger partial charge in [0.05, 0.1) is 12.0 Å². The van der Waals surface area contributed by atoms with E-state index in [1.165, 1.54) is 32.2 Å². The molecule has 23 heavy (non-hydrogen) atoms. The number of amides is 1. The van der Waals surface area contributed by atoms with Crippen LogP contribution in [0, 0.1) is 0 Å². The smallest absolute Gasteiger partial charge is 0.321 e. The van der Waals surface area contributed by atoms with Crippen molar-refractivity contribution < 1.29 is 27.9 Å². The zero-order valence-corrected chi connectivity index (χ0v) is 13.9. The van der Waals surface area contributed by atoms with Gasteiger partial charge in [0.15, 0.2) is 0 Å². The molecule has 128 valence electrons. The molecule has 0 aliphatic heterocycles. The standard InChI is InChI=1S/C14H20N2O6S/c1-4-13(17)15-8-10-7-11(5-6-12(10)22-3)23(20,21)16-9(2)14(18)19/h5-7,9,16H,4,8H2,1-3H3,(H,15,17)(H,18,19). The van der Waals surface area contributed by atoms with E-state index in [-0.39, 0.29) is 17.3 Å². The summed E-state index contributed by atoms with van der Waals surface area (Å²) in [5.74, 6) is -1.04. The predicted octanol–water partition coefficient (Wildman–Crippen LogP) is 0.473. The Bertz CT molecular complexity index is 687. The van der Waals surface area contributed by atoms with Gasteiger partial charge in [-0.2, -0.15) is 4.72 Å². The number of hydrogen-bond donors (Lipinski definition) is 3. The first-order chi connectivity index (χ1) is 10.7. The minimum absolute atomic E-state index is 0.104. The van der Waals surface area contributed by atoms with Crippen LogP contribution in [0.4, 0.5) is 0 Å². The summed E-state index contributed by atoms with van der Waals surface area (Å²) in [4.78, 5) is 22.0. The number of benzene rings is 1. The molecule has 1 rings (SSSR count). The Kier molecular flexibility index (Phi) is 6.52. The van der Waals surface area contributed by atoms with Crippen molar-refractivity contribution in [2.24, 2.45) is 0 Å². The largest absolute Gasteiger partial charge is 0.496 e. The number of carbonyl (C=O) groups excluding carboxylic acids is 1.